The van der Waals surface area contributed by atoms with Crippen LogP contribution in [0.4, 0.5) is 5.69 Å². The van der Waals surface area contributed by atoms with Gasteiger partial charge in [0.2, 0.25) is 0 Å². The minimum atomic E-state index is -0.751. The molecule has 2 atom stereocenters. The second kappa shape index (κ2) is 5.05. The van der Waals surface area contributed by atoms with Crippen molar-refractivity contribution in [2.24, 2.45) is 4.99 Å². The van der Waals surface area contributed by atoms with E-state index in [1.807, 2.05) is 6.08 Å². The average molecular weight is 274 g/mol. The molecule has 0 radical (unpaired) electrons. The van der Waals surface area contributed by atoms with E-state index in [1.54, 1.807) is 12.3 Å². The highest BCUT2D eigenvalue weighted by molar-refractivity contribution is 5.65. The molecule has 1 N–H and O–H groups in total. The van der Waals surface area contributed by atoms with Crippen LogP contribution >= 0.6 is 0 Å². The molecule has 1 aromatic carbocycles. The van der Waals surface area contributed by atoms with Crippen LogP contribution in [0.15, 0.2) is 35.0 Å². The fourth-order valence-corrected chi connectivity index (χ4v) is 2.64. The third-order valence-electron chi connectivity index (χ3n) is 3.65. The first kappa shape index (κ1) is 12.8. The maximum absolute atomic E-state index is 10.9. The Morgan fingerprint density at radius 2 is 2.35 bits per heavy atom. The molecule has 6 nitrogen and oxygen atoms in total. The Morgan fingerprint density at radius 3 is 3.05 bits per heavy atom. The number of nitro groups is 1. The third kappa shape index (κ3) is 2.18. The summed E-state index contributed by atoms with van der Waals surface area (Å²) in [6.45, 7) is 0.490. The summed E-state index contributed by atoms with van der Waals surface area (Å²) in [4.78, 5) is 14.6. The minimum Gasteiger partial charge on any atom is -0.493 e. The Morgan fingerprint density at radius 1 is 1.50 bits per heavy atom. The lowest BCUT2D eigenvalue weighted by Gasteiger charge is -2.29. The van der Waals surface area contributed by atoms with Gasteiger partial charge in [0.25, 0.3) is 5.69 Å². The fraction of sp³-hybridized carbons (Fsp3) is 0.357. The average Bonchev–Trinajstić information content (AvgIpc) is 2.99. The Labute approximate surface area is 115 Å². The molecule has 0 spiro atoms. The van der Waals surface area contributed by atoms with E-state index < -0.39 is 11.0 Å². The summed E-state index contributed by atoms with van der Waals surface area (Å²) in [6, 6.07) is 4.50. The summed E-state index contributed by atoms with van der Waals surface area (Å²) in [6.07, 6.45) is 4.20. The first-order chi connectivity index (χ1) is 9.66. The van der Waals surface area contributed by atoms with Crippen LogP contribution in [0.2, 0.25) is 0 Å². The molecule has 0 saturated carbocycles. The van der Waals surface area contributed by atoms with Crippen molar-refractivity contribution in [2.45, 2.75) is 24.9 Å². The number of aliphatic hydroxyl groups excluding tert-OH is 1. The van der Waals surface area contributed by atoms with Gasteiger partial charge in [0.05, 0.1) is 17.2 Å². The monoisotopic (exact) mass is 274 g/mol. The Hall–Kier alpha value is -2.21. The number of ether oxygens (including phenoxy) is 1. The van der Waals surface area contributed by atoms with E-state index in [9.17, 15) is 15.2 Å². The van der Waals surface area contributed by atoms with Crippen molar-refractivity contribution in [1.29, 1.82) is 0 Å². The zero-order chi connectivity index (χ0) is 14.1. The summed E-state index contributed by atoms with van der Waals surface area (Å²) in [7, 11) is 0. The van der Waals surface area contributed by atoms with Gasteiger partial charge >= 0.3 is 0 Å². The number of rotatable bonds is 3. The van der Waals surface area contributed by atoms with Crippen LogP contribution in [0.5, 0.6) is 5.75 Å². The second-order valence-electron chi connectivity index (χ2n) is 4.84. The van der Waals surface area contributed by atoms with Gasteiger partial charge in [-0.25, -0.2) is 0 Å². The molecule has 3 rings (SSSR count). The molecule has 1 aromatic rings. The van der Waals surface area contributed by atoms with Crippen LogP contribution in [0.3, 0.4) is 0 Å². The van der Waals surface area contributed by atoms with Gasteiger partial charge in [0.15, 0.2) is 0 Å². The number of allylic oxidation sites excluding steroid dienone is 1. The van der Waals surface area contributed by atoms with E-state index in [0.29, 0.717) is 30.0 Å². The molecule has 0 saturated heterocycles. The molecule has 0 aliphatic carbocycles. The van der Waals surface area contributed by atoms with Crippen LogP contribution < -0.4 is 4.74 Å². The number of non-ortho nitro benzene ring substituents is 1. The molecule has 0 fully saturated rings. The normalized spacial score (nSPS) is 21.9. The molecule has 2 heterocycles. The van der Waals surface area contributed by atoms with Gasteiger partial charge in [-0.1, -0.05) is 6.08 Å². The number of hydrogen-bond donors (Lipinski definition) is 1. The first-order valence-corrected chi connectivity index (χ1v) is 6.48. The number of benzene rings is 1. The van der Waals surface area contributed by atoms with Crippen molar-refractivity contribution in [3.05, 3.63) is 45.6 Å². The molecule has 104 valence electrons. The molecule has 0 bridgehead atoms. The molecule has 0 amide bonds. The smallest absolute Gasteiger partial charge is 0.269 e. The summed E-state index contributed by atoms with van der Waals surface area (Å²) in [5.74, 6) is 0.383. The molecule has 20 heavy (non-hydrogen) atoms. The molecule has 2 aliphatic heterocycles. The van der Waals surface area contributed by atoms with Crippen molar-refractivity contribution in [1.82, 2.24) is 0 Å². The quantitative estimate of drug-likeness (QED) is 0.676. The third-order valence-corrected chi connectivity index (χ3v) is 3.65. The van der Waals surface area contributed by atoms with Crippen LogP contribution in [-0.4, -0.2) is 29.0 Å². The Balaban J connectivity index is 1.97. The van der Waals surface area contributed by atoms with Crippen molar-refractivity contribution < 1.29 is 14.8 Å². The second-order valence-corrected chi connectivity index (χ2v) is 4.84. The lowest BCUT2D eigenvalue weighted by atomic mass is 9.86. The predicted molar refractivity (Wildman–Crippen MR) is 73.1 cm³/mol. The van der Waals surface area contributed by atoms with E-state index in [2.05, 4.69) is 4.99 Å². The summed E-state index contributed by atoms with van der Waals surface area (Å²) in [5, 5.41) is 21.3. The number of nitrogens with zero attached hydrogens (tertiary/aromatic N) is 2. The lowest BCUT2D eigenvalue weighted by Crippen LogP contribution is -2.26. The number of aliphatic hydroxyl groups is 1. The molecular weight excluding hydrogens is 260 g/mol. The van der Waals surface area contributed by atoms with E-state index in [0.717, 1.165) is 6.42 Å². The van der Waals surface area contributed by atoms with Crippen molar-refractivity contribution in [3.63, 3.8) is 0 Å². The maximum Gasteiger partial charge on any atom is 0.269 e. The molecule has 2 aliphatic rings. The largest absolute Gasteiger partial charge is 0.493 e. The van der Waals surface area contributed by atoms with E-state index in [-0.39, 0.29) is 11.6 Å². The molecule has 0 aromatic heterocycles. The predicted octanol–water partition coefficient (Wildman–Crippen LogP) is 2.18. The summed E-state index contributed by atoms with van der Waals surface area (Å²) in [5.41, 5.74) is 1.32. The zero-order valence-corrected chi connectivity index (χ0v) is 10.7. The highest BCUT2D eigenvalue weighted by Gasteiger charge is 2.31. The van der Waals surface area contributed by atoms with E-state index in [4.69, 9.17) is 4.74 Å². The standard InChI is InChI=1S/C14H14N2O4/c17-14(12-2-1-6-15-12)10-5-7-20-13-4-3-9(16(18)19)8-11(10)13/h2-4,6,8,10,14,17H,1,5,7H2. The van der Waals surface area contributed by atoms with Gasteiger partial charge in [-0.15, -0.1) is 0 Å². The van der Waals surface area contributed by atoms with Gasteiger partial charge in [-0.2, -0.15) is 0 Å². The Bertz CT molecular complexity index is 609. The SMILES string of the molecule is O=[N+]([O-])c1ccc2c(c1)C(C(O)C1=CCC=N1)CCO2. The maximum atomic E-state index is 10.9. The number of hydrogen-bond acceptors (Lipinski definition) is 5. The number of fused-ring (bicyclic) bond motifs is 1. The van der Waals surface area contributed by atoms with Crippen molar-refractivity contribution in [2.75, 3.05) is 6.61 Å². The first-order valence-electron chi connectivity index (χ1n) is 6.48. The van der Waals surface area contributed by atoms with Gasteiger partial charge in [0, 0.05) is 36.2 Å². The summed E-state index contributed by atoms with van der Waals surface area (Å²) < 4.78 is 5.51. The minimum absolute atomic E-state index is 0.00959. The van der Waals surface area contributed by atoms with Crippen LogP contribution in [0, 0.1) is 10.1 Å². The van der Waals surface area contributed by atoms with Gasteiger partial charge in [-0.05, 0) is 12.5 Å². The zero-order valence-electron chi connectivity index (χ0n) is 10.7. The molecule has 6 heteroatoms. The van der Waals surface area contributed by atoms with Crippen LogP contribution in [-0.2, 0) is 0 Å². The number of aliphatic imine (C=N–C) groups is 1. The Kier molecular flexibility index (Phi) is 3.23. The highest BCUT2D eigenvalue weighted by atomic mass is 16.6. The van der Waals surface area contributed by atoms with Crippen LogP contribution in [0.1, 0.15) is 24.3 Å². The van der Waals surface area contributed by atoms with Gasteiger partial charge in [0.1, 0.15) is 11.9 Å². The molecule has 2 unspecified atom stereocenters. The van der Waals surface area contributed by atoms with E-state index in [1.165, 1.54) is 12.1 Å². The lowest BCUT2D eigenvalue weighted by molar-refractivity contribution is -0.385. The highest BCUT2D eigenvalue weighted by Crippen LogP contribution is 2.40. The van der Waals surface area contributed by atoms with Crippen LogP contribution in [0.25, 0.3) is 0 Å². The summed E-state index contributed by atoms with van der Waals surface area (Å²) >= 11 is 0. The van der Waals surface area contributed by atoms with Gasteiger partial charge < -0.3 is 9.84 Å². The van der Waals surface area contributed by atoms with Gasteiger partial charge in [-0.3, -0.25) is 15.1 Å². The van der Waals surface area contributed by atoms with Crippen molar-refractivity contribution >= 4 is 11.9 Å². The van der Waals surface area contributed by atoms with Crippen molar-refractivity contribution in [3.8, 4) is 5.75 Å². The fourth-order valence-electron chi connectivity index (χ4n) is 2.64. The van der Waals surface area contributed by atoms with E-state index >= 15 is 0 Å². The molecular formula is C14H14N2O4. The number of nitro benzene ring substituents is 1. The topological polar surface area (TPSA) is 85.0 Å².